The molecule has 2 aromatic heterocycles. The predicted octanol–water partition coefficient (Wildman–Crippen LogP) is 12.9. The lowest BCUT2D eigenvalue weighted by atomic mass is 9.97. The largest absolute Gasteiger partial charge is 0.455 e. The van der Waals surface area contributed by atoms with E-state index in [2.05, 4.69) is 166 Å². The van der Waals surface area contributed by atoms with Gasteiger partial charge in [0.2, 0.25) is 0 Å². The van der Waals surface area contributed by atoms with Crippen LogP contribution in [0.1, 0.15) is 22.3 Å². The fourth-order valence-corrected chi connectivity index (χ4v) is 7.78. The molecule has 0 spiro atoms. The van der Waals surface area contributed by atoms with Gasteiger partial charge in [0.1, 0.15) is 11.2 Å². The van der Waals surface area contributed by atoms with E-state index in [0.29, 0.717) is 0 Å². The Morgan fingerprint density at radius 1 is 0.396 bits per heavy atom. The Morgan fingerprint density at radius 3 is 1.54 bits per heavy atom. The van der Waals surface area contributed by atoms with Gasteiger partial charge in [0.05, 0.1) is 16.7 Å². The molecule has 0 amide bonds. The van der Waals surface area contributed by atoms with E-state index in [9.17, 15) is 0 Å². The molecule has 230 valence electrons. The Kier molecular flexibility index (Phi) is 6.42. The highest BCUT2D eigenvalue weighted by atomic mass is 16.3. The molecule has 0 aliphatic heterocycles. The standard InChI is InChI=1S/C46H35NO/c1-28-20-29(2)23-34(22-28)32-16-18-43-40(26-32)41-27-33(35-24-30(3)21-31(4)25-35)17-19-44(41)47(43)42-14-7-5-10-36(42)38-12-9-13-39-37-11-6-8-15-45(37)48-46(38)39/h5-27H,1-4H3. The van der Waals surface area contributed by atoms with Crippen LogP contribution in [0, 0.1) is 27.7 Å². The van der Waals surface area contributed by atoms with Crippen molar-refractivity contribution in [2.24, 2.45) is 0 Å². The summed E-state index contributed by atoms with van der Waals surface area (Å²) in [5, 5.41) is 4.76. The average molecular weight is 618 g/mol. The number of para-hydroxylation sites is 3. The quantitative estimate of drug-likeness (QED) is 0.192. The summed E-state index contributed by atoms with van der Waals surface area (Å²) in [6, 6.07) is 51.1. The molecule has 0 atom stereocenters. The molecule has 2 nitrogen and oxygen atoms in total. The fourth-order valence-electron chi connectivity index (χ4n) is 7.78. The molecule has 48 heavy (non-hydrogen) atoms. The van der Waals surface area contributed by atoms with E-state index in [1.807, 2.05) is 6.07 Å². The number of aryl methyl sites for hydroxylation is 4. The van der Waals surface area contributed by atoms with Crippen LogP contribution < -0.4 is 0 Å². The monoisotopic (exact) mass is 617 g/mol. The first-order valence-electron chi connectivity index (χ1n) is 16.7. The van der Waals surface area contributed by atoms with Gasteiger partial charge in [0.25, 0.3) is 0 Å². The van der Waals surface area contributed by atoms with Crippen LogP contribution >= 0.6 is 0 Å². The Hall–Kier alpha value is -5.86. The SMILES string of the molecule is Cc1cc(C)cc(-c2ccc3c(c2)c2cc(-c4cc(C)cc(C)c4)ccc2n3-c2ccccc2-c2cccc3c2oc2ccccc23)c1. The van der Waals surface area contributed by atoms with Gasteiger partial charge in [0, 0.05) is 32.7 Å². The van der Waals surface area contributed by atoms with E-state index in [4.69, 9.17) is 4.42 Å². The van der Waals surface area contributed by atoms with Crippen molar-refractivity contribution in [1.29, 1.82) is 0 Å². The zero-order valence-electron chi connectivity index (χ0n) is 27.6. The predicted molar refractivity (Wildman–Crippen MR) is 203 cm³/mol. The molecule has 0 radical (unpaired) electrons. The first kappa shape index (κ1) is 28.4. The van der Waals surface area contributed by atoms with Crippen molar-refractivity contribution in [1.82, 2.24) is 4.57 Å². The van der Waals surface area contributed by atoms with Crippen LogP contribution in [0.3, 0.4) is 0 Å². The lowest BCUT2D eigenvalue weighted by Crippen LogP contribution is -1.97. The van der Waals surface area contributed by atoms with Crippen LogP contribution in [0.2, 0.25) is 0 Å². The minimum atomic E-state index is 0.909. The minimum absolute atomic E-state index is 0.909. The molecule has 0 aliphatic carbocycles. The van der Waals surface area contributed by atoms with Gasteiger partial charge in [-0.3, -0.25) is 0 Å². The zero-order valence-corrected chi connectivity index (χ0v) is 27.6. The summed E-state index contributed by atoms with van der Waals surface area (Å²) in [6.07, 6.45) is 0. The van der Waals surface area contributed by atoms with Crippen molar-refractivity contribution in [2.45, 2.75) is 27.7 Å². The summed E-state index contributed by atoms with van der Waals surface area (Å²) in [5.74, 6) is 0. The van der Waals surface area contributed by atoms with E-state index in [0.717, 1.165) is 38.8 Å². The van der Waals surface area contributed by atoms with E-state index in [1.165, 1.54) is 66.3 Å². The number of nitrogens with zero attached hydrogens (tertiary/aromatic N) is 1. The van der Waals surface area contributed by atoms with Crippen LogP contribution in [-0.2, 0) is 0 Å². The third-order valence-corrected chi connectivity index (χ3v) is 9.71. The van der Waals surface area contributed by atoms with Crippen LogP contribution in [-0.4, -0.2) is 4.57 Å². The molecule has 2 heteroatoms. The smallest absolute Gasteiger partial charge is 0.143 e. The first-order valence-corrected chi connectivity index (χ1v) is 16.7. The van der Waals surface area contributed by atoms with Crippen molar-refractivity contribution in [3.63, 3.8) is 0 Å². The molecule has 0 saturated carbocycles. The molecular weight excluding hydrogens is 583 g/mol. The number of benzene rings is 7. The summed E-state index contributed by atoms with van der Waals surface area (Å²) in [5.41, 5.74) is 17.6. The molecule has 0 N–H and O–H groups in total. The molecule has 0 unspecified atom stereocenters. The summed E-state index contributed by atoms with van der Waals surface area (Å²) >= 11 is 0. The third kappa shape index (κ3) is 4.56. The maximum absolute atomic E-state index is 6.54. The Bertz CT molecular complexity index is 2570. The Balaban J connectivity index is 1.34. The fraction of sp³-hybridized carbons (Fsp3) is 0.0870. The van der Waals surface area contributed by atoms with Crippen LogP contribution in [0.4, 0.5) is 0 Å². The number of rotatable bonds is 4. The minimum Gasteiger partial charge on any atom is -0.455 e. The Morgan fingerprint density at radius 2 is 0.917 bits per heavy atom. The van der Waals surface area contributed by atoms with Crippen molar-refractivity contribution in [3.8, 4) is 39.1 Å². The maximum atomic E-state index is 6.54. The molecule has 2 heterocycles. The highest BCUT2D eigenvalue weighted by Gasteiger charge is 2.20. The van der Waals surface area contributed by atoms with Crippen molar-refractivity contribution in [2.75, 3.05) is 0 Å². The number of aromatic nitrogens is 1. The Labute approximate surface area is 280 Å². The van der Waals surface area contributed by atoms with Crippen LogP contribution in [0.15, 0.2) is 144 Å². The number of hydrogen-bond acceptors (Lipinski definition) is 1. The van der Waals surface area contributed by atoms with Crippen LogP contribution in [0.5, 0.6) is 0 Å². The molecule has 0 aliphatic rings. The van der Waals surface area contributed by atoms with E-state index in [-0.39, 0.29) is 0 Å². The second-order valence-corrected chi connectivity index (χ2v) is 13.3. The zero-order chi connectivity index (χ0) is 32.5. The summed E-state index contributed by atoms with van der Waals surface area (Å²) in [6.45, 7) is 8.71. The molecule has 7 aromatic carbocycles. The first-order chi connectivity index (χ1) is 23.4. The van der Waals surface area contributed by atoms with Gasteiger partial charge in [-0.05, 0) is 86.3 Å². The highest BCUT2D eigenvalue weighted by Crippen LogP contribution is 2.42. The van der Waals surface area contributed by atoms with Crippen LogP contribution in [0.25, 0.3) is 82.8 Å². The van der Waals surface area contributed by atoms with Crippen molar-refractivity contribution < 1.29 is 4.42 Å². The number of fused-ring (bicyclic) bond motifs is 6. The lowest BCUT2D eigenvalue weighted by molar-refractivity contribution is 0.670. The summed E-state index contributed by atoms with van der Waals surface area (Å²) < 4.78 is 8.99. The van der Waals surface area contributed by atoms with Gasteiger partial charge in [-0.1, -0.05) is 125 Å². The number of hydrogen-bond donors (Lipinski definition) is 0. The molecule has 9 rings (SSSR count). The van der Waals surface area contributed by atoms with Gasteiger partial charge >= 0.3 is 0 Å². The lowest BCUT2D eigenvalue weighted by Gasteiger charge is -2.15. The molecular formula is C46H35NO. The second kappa shape index (κ2) is 10.9. The van der Waals surface area contributed by atoms with Gasteiger partial charge in [-0.25, -0.2) is 0 Å². The van der Waals surface area contributed by atoms with E-state index >= 15 is 0 Å². The van der Waals surface area contributed by atoms with Gasteiger partial charge in [-0.15, -0.1) is 0 Å². The van der Waals surface area contributed by atoms with Gasteiger partial charge in [0.15, 0.2) is 0 Å². The van der Waals surface area contributed by atoms with Gasteiger partial charge in [-0.2, -0.15) is 0 Å². The van der Waals surface area contributed by atoms with Gasteiger partial charge < -0.3 is 8.98 Å². The summed E-state index contributed by atoms with van der Waals surface area (Å²) in [4.78, 5) is 0. The van der Waals surface area contributed by atoms with Crippen molar-refractivity contribution >= 4 is 43.7 Å². The molecule has 0 saturated heterocycles. The maximum Gasteiger partial charge on any atom is 0.143 e. The van der Waals surface area contributed by atoms with E-state index < -0.39 is 0 Å². The number of furan rings is 1. The third-order valence-electron chi connectivity index (χ3n) is 9.71. The topological polar surface area (TPSA) is 18.1 Å². The summed E-state index contributed by atoms with van der Waals surface area (Å²) in [7, 11) is 0. The highest BCUT2D eigenvalue weighted by molar-refractivity contribution is 6.13. The van der Waals surface area contributed by atoms with E-state index in [1.54, 1.807) is 0 Å². The normalized spacial score (nSPS) is 11.8. The van der Waals surface area contributed by atoms with Crippen molar-refractivity contribution in [3.05, 3.63) is 162 Å². The molecule has 9 aromatic rings. The second-order valence-electron chi connectivity index (χ2n) is 13.3. The molecule has 0 fully saturated rings. The average Bonchev–Trinajstić information content (AvgIpc) is 3.62. The molecule has 0 bridgehead atoms.